The second-order valence-electron chi connectivity index (χ2n) is 4.70. The van der Waals surface area contributed by atoms with E-state index in [4.69, 9.17) is 9.47 Å². The largest absolute Gasteiger partial charge is 0.456 e. The molecular formula is C12H22O3Si. The third-order valence-electron chi connectivity index (χ3n) is 3.15. The van der Waals surface area contributed by atoms with Gasteiger partial charge in [-0.1, -0.05) is 13.5 Å². The highest BCUT2D eigenvalue weighted by molar-refractivity contribution is 6.15. The average Bonchev–Trinajstić information content (AvgIpc) is 2.26. The Morgan fingerprint density at radius 2 is 2.31 bits per heavy atom. The van der Waals surface area contributed by atoms with Crippen LogP contribution in [0.25, 0.3) is 0 Å². The lowest BCUT2D eigenvalue weighted by molar-refractivity contribution is -0.161. The maximum atomic E-state index is 11.5. The summed E-state index contributed by atoms with van der Waals surface area (Å²) in [5, 5.41) is -0.182. The molecule has 0 aromatic carbocycles. The molecule has 0 aliphatic carbocycles. The number of hydrogen-bond donors (Lipinski definition) is 0. The van der Waals surface area contributed by atoms with Crippen LogP contribution in [0.2, 0.25) is 0 Å². The smallest absolute Gasteiger partial charge is 0.333 e. The monoisotopic (exact) mass is 242 g/mol. The molecule has 0 bridgehead atoms. The molecule has 92 valence electrons. The Kier molecular flexibility index (Phi) is 4.74. The topological polar surface area (TPSA) is 35.5 Å². The quantitative estimate of drug-likeness (QED) is 0.421. The van der Waals surface area contributed by atoms with Gasteiger partial charge in [0.15, 0.2) is 0 Å². The predicted octanol–water partition coefficient (Wildman–Crippen LogP) is 1.15. The number of hydrogen-bond acceptors (Lipinski definition) is 3. The van der Waals surface area contributed by atoms with Crippen molar-refractivity contribution in [3.05, 3.63) is 12.2 Å². The summed E-state index contributed by atoms with van der Waals surface area (Å²) in [4.78, 5) is 11.5. The van der Waals surface area contributed by atoms with E-state index in [1.807, 2.05) is 6.92 Å². The summed E-state index contributed by atoms with van der Waals surface area (Å²) < 4.78 is 11.3. The molecule has 0 aromatic heterocycles. The summed E-state index contributed by atoms with van der Waals surface area (Å²) in [5.74, 6) is -0.295. The molecule has 1 aliphatic heterocycles. The minimum Gasteiger partial charge on any atom is -0.456 e. The normalized spacial score (nSPS) is 27.4. The van der Waals surface area contributed by atoms with Crippen LogP contribution in [0, 0.1) is 0 Å². The van der Waals surface area contributed by atoms with Gasteiger partial charge in [0.25, 0.3) is 0 Å². The van der Waals surface area contributed by atoms with Crippen molar-refractivity contribution in [3.8, 4) is 0 Å². The van der Waals surface area contributed by atoms with Crippen LogP contribution < -0.4 is 0 Å². The molecule has 2 unspecified atom stereocenters. The first kappa shape index (κ1) is 13.5. The predicted molar refractivity (Wildman–Crippen MR) is 67.5 cm³/mol. The van der Waals surface area contributed by atoms with Crippen molar-refractivity contribution in [1.29, 1.82) is 0 Å². The third kappa shape index (κ3) is 3.19. The van der Waals surface area contributed by atoms with Crippen LogP contribution in [0.1, 0.15) is 39.5 Å². The van der Waals surface area contributed by atoms with E-state index in [2.05, 4.69) is 6.58 Å². The zero-order chi connectivity index (χ0) is 12.2. The van der Waals surface area contributed by atoms with Gasteiger partial charge >= 0.3 is 5.97 Å². The Labute approximate surface area is 101 Å². The van der Waals surface area contributed by atoms with Gasteiger partial charge in [0.2, 0.25) is 0 Å². The van der Waals surface area contributed by atoms with Crippen molar-refractivity contribution in [2.24, 2.45) is 0 Å². The van der Waals surface area contributed by atoms with Gasteiger partial charge < -0.3 is 9.47 Å². The molecule has 0 N–H and O–H groups in total. The van der Waals surface area contributed by atoms with E-state index in [1.165, 1.54) is 6.42 Å². The number of carbonyl (C=O) groups excluding carboxylic acids is 1. The maximum absolute atomic E-state index is 11.5. The molecule has 4 heteroatoms. The summed E-state index contributed by atoms with van der Waals surface area (Å²) in [6, 6.07) is 0. The molecule has 3 nitrogen and oxygen atoms in total. The molecular weight excluding hydrogens is 220 g/mol. The van der Waals surface area contributed by atoms with Crippen molar-refractivity contribution in [1.82, 2.24) is 0 Å². The SMILES string of the molecule is C=C(C)C(=O)OC(CC)C1([SiH3])CCCCO1. The average molecular weight is 242 g/mol. The van der Waals surface area contributed by atoms with E-state index in [1.54, 1.807) is 6.92 Å². The van der Waals surface area contributed by atoms with Gasteiger partial charge in [-0.3, -0.25) is 0 Å². The van der Waals surface area contributed by atoms with Gasteiger partial charge in [-0.05, 0) is 32.6 Å². The summed E-state index contributed by atoms with van der Waals surface area (Å²) in [6.45, 7) is 8.12. The Balaban J connectivity index is 2.65. The molecule has 1 fully saturated rings. The van der Waals surface area contributed by atoms with Crippen LogP contribution in [-0.4, -0.2) is 34.1 Å². The molecule has 2 atom stereocenters. The van der Waals surface area contributed by atoms with Gasteiger partial charge in [-0.25, -0.2) is 4.79 Å². The van der Waals surface area contributed by atoms with Gasteiger partial charge in [-0.2, -0.15) is 0 Å². The van der Waals surface area contributed by atoms with Gasteiger partial charge in [0.05, 0.1) is 5.22 Å². The van der Waals surface area contributed by atoms with Crippen LogP contribution >= 0.6 is 0 Å². The highest BCUT2D eigenvalue weighted by atomic mass is 28.1. The molecule has 1 aliphatic rings. The molecule has 0 radical (unpaired) electrons. The summed E-state index contributed by atoms with van der Waals surface area (Å²) in [5.41, 5.74) is 0.458. The van der Waals surface area contributed by atoms with Crippen LogP contribution in [-0.2, 0) is 14.3 Å². The molecule has 0 amide bonds. The van der Waals surface area contributed by atoms with E-state index >= 15 is 0 Å². The second kappa shape index (κ2) is 5.64. The van der Waals surface area contributed by atoms with Gasteiger partial charge in [0, 0.05) is 22.4 Å². The van der Waals surface area contributed by atoms with E-state index < -0.39 is 0 Å². The van der Waals surface area contributed by atoms with Crippen LogP contribution in [0.15, 0.2) is 12.2 Å². The van der Waals surface area contributed by atoms with E-state index in [0.717, 1.165) is 36.1 Å². The van der Waals surface area contributed by atoms with Crippen LogP contribution in [0.3, 0.4) is 0 Å². The van der Waals surface area contributed by atoms with Gasteiger partial charge in [0.1, 0.15) is 6.10 Å². The lowest BCUT2D eigenvalue weighted by Crippen LogP contribution is -2.49. The lowest BCUT2D eigenvalue weighted by Gasteiger charge is -2.39. The van der Waals surface area contributed by atoms with Crippen LogP contribution in [0.5, 0.6) is 0 Å². The molecule has 0 saturated carbocycles. The molecule has 16 heavy (non-hydrogen) atoms. The fraction of sp³-hybridized carbons (Fsp3) is 0.750. The molecule has 0 aromatic rings. The molecule has 1 rings (SSSR count). The molecule has 1 saturated heterocycles. The first-order chi connectivity index (χ1) is 7.49. The molecule has 0 spiro atoms. The number of ether oxygens (including phenoxy) is 2. The fourth-order valence-electron chi connectivity index (χ4n) is 2.08. The van der Waals surface area contributed by atoms with Crippen molar-refractivity contribution in [2.75, 3.05) is 6.61 Å². The highest BCUT2D eigenvalue weighted by Gasteiger charge is 2.38. The van der Waals surface area contributed by atoms with Crippen molar-refractivity contribution < 1.29 is 14.3 Å². The molecule has 1 heterocycles. The Hall–Kier alpha value is -0.613. The lowest BCUT2D eigenvalue weighted by atomic mass is 10.0. The van der Waals surface area contributed by atoms with Crippen molar-refractivity contribution >= 4 is 16.2 Å². The first-order valence-electron chi connectivity index (χ1n) is 6.00. The highest BCUT2D eigenvalue weighted by Crippen LogP contribution is 2.29. The standard InChI is InChI=1S/C12H22O3Si/c1-4-10(15-11(13)9(2)3)12(16)7-5-6-8-14-12/h10H,2,4-8H2,1,3,16H3. The summed E-state index contributed by atoms with van der Waals surface area (Å²) >= 11 is 0. The summed E-state index contributed by atoms with van der Waals surface area (Å²) in [6.07, 6.45) is 4.01. The Morgan fingerprint density at radius 3 is 2.75 bits per heavy atom. The van der Waals surface area contributed by atoms with E-state index in [0.29, 0.717) is 5.57 Å². The fourth-order valence-corrected chi connectivity index (χ4v) is 3.16. The number of rotatable bonds is 4. The third-order valence-corrected chi connectivity index (χ3v) is 4.58. The minimum atomic E-state index is -0.295. The number of carbonyl (C=O) groups is 1. The van der Waals surface area contributed by atoms with Crippen LogP contribution in [0.4, 0.5) is 0 Å². The maximum Gasteiger partial charge on any atom is 0.333 e. The first-order valence-corrected chi connectivity index (χ1v) is 7.00. The Morgan fingerprint density at radius 1 is 1.62 bits per heavy atom. The van der Waals surface area contributed by atoms with Crippen molar-refractivity contribution in [3.63, 3.8) is 0 Å². The van der Waals surface area contributed by atoms with Crippen molar-refractivity contribution in [2.45, 2.75) is 50.9 Å². The second-order valence-corrected chi connectivity index (χ2v) is 6.39. The zero-order valence-electron chi connectivity index (χ0n) is 10.5. The van der Waals surface area contributed by atoms with Gasteiger partial charge in [-0.15, -0.1) is 0 Å². The Bertz CT molecular complexity index is 269. The summed E-state index contributed by atoms with van der Waals surface area (Å²) in [7, 11) is 0.895. The zero-order valence-corrected chi connectivity index (χ0v) is 12.5. The van der Waals surface area contributed by atoms with E-state index in [9.17, 15) is 4.79 Å². The minimum absolute atomic E-state index is 0.108. The van der Waals surface area contributed by atoms with E-state index in [-0.39, 0.29) is 17.3 Å². The number of esters is 1.